The number of nitrogens with zero attached hydrogens (tertiary/aromatic N) is 2. The van der Waals surface area contributed by atoms with Crippen LogP contribution in [0.3, 0.4) is 0 Å². The summed E-state index contributed by atoms with van der Waals surface area (Å²) < 4.78 is 2.01. The van der Waals surface area contributed by atoms with Gasteiger partial charge in [-0.2, -0.15) is 5.10 Å². The SMILES string of the molecule is Cc1cc(C)n(C[C@H](C)CNC(=O)C[C@@H](C)c2ccccc2)n1. The van der Waals surface area contributed by atoms with Gasteiger partial charge < -0.3 is 5.32 Å². The number of carbonyl (C=O) groups is 1. The first kappa shape index (κ1) is 17.3. The molecule has 1 aromatic heterocycles. The van der Waals surface area contributed by atoms with Gasteiger partial charge in [0.05, 0.1) is 5.69 Å². The lowest BCUT2D eigenvalue weighted by molar-refractivity contribution is -0.121. The van der Waals surface area contributed by atoms with Crippen LogP contribution in [0, 0.1) is 19.8 Å². The lowest BCUT2D eigenvalue weighted by Gasteiger charge is -2.16. The van der Waals surface area contributed by atoms with Crippen molar-refractivity contribution in [1.29, 1.82) is 0 Å². The van der Waals surface area contributed by atoms with Crippen molar-refractivity contribution in [2.45, 2.75) is 46.6 Å². The largest absolute Gasteiger partial charge is 0.356 e. The minimum atomic E-state index is 0.113. The number of aromatic nitrogens is 2. The highest BCUT2D eigenvalue weighted by atomic mass is 16.1. The van der Waals surface area contributed by atoms with E-state index in [-0.39, 0.29) is 11.8 Å². The van der Waals surface area contributed by atoms with Gasteiger partial charge in [0.25, 0.3) is 0 Å². The van der Waals surface area contributed by atoms with E-state index in [1.54, 1.807) is 0 Å². The molecule has 0 saturated heterocycles. The molecule has 23 heavy (non-hydrogen) atoms. The number of hydrogen-bond acceptors (Lipinski definition) is 2. The average Bonchev–Trinajstić information content (AvgIpc) is 2.83. The summed E-state index contributed by atoms with van der Waals surface area (Å²) in [6, 6.07) is 12.2. The number of nitrogens with one attached hydrogen (secondary N) is 1. The maximum atomic E-state index is 12.1. The van der Waals surface area contributed by atoms with Crippen LogP contribution >= 0.6 is 0 Å². The molecule has 0 spiro atoms. The zero-order valence-corrected chi connectivity index (χ0v) is 14.5. The molecule has 1 heterocycles. The fourth-order valence-electron chi connectivity index (χ4n) is 2.76. The molecule has 0 unspecified atom stereocenters. The monoisotopic (exact) mass is 313 g/mol. The summed E-state index contributed by atoms with van der Waals surface area (Å²) in [7, 11) is 0. The third kappa shape index (κ3) is 5.23. The maximum absolute atomic E-state index is 12.1. The molecule has 0 bridgehead atoms. The molecule has 124 valence electrons. The Morgan fingerprint density at radius 1 is 1.22 bits per heavy atom. The van der Waals surface area contributed by atoms with E-state index in [0.29, 0.717) is 18.9 Å². The van der Waals surface area contributed by atoms with Gasteiger partial charge >= 0.3 is 0 Å². The molecule has 4 nitrogen and oxygen atoms in total. The molecule has 1 amide bonds. The van der Waals surface area contributed by atoms with Crippen molar-refractivity contribution in [2.24, 2.45) is 5.92 Å². The summed E-state index contributed by atoms with van der Waals surface area (Å²) in [5, 5.41) is 7.52. The van der Waals surface area contributed by atoms with E-state index in [9.17, 15) is 4.79 Å². The summed E-state index contributed by atoms with van der Waals surface area (Å²) in [4.78, 5) is 12.1. The molecule has 0 aliphatic carbocycles. The zero-order valence-electron chi connectivity index (χ0n) is 14.5. The van der Waals surface area contributed by atoms with Crippen molar-refractivity contribution in [3.63, 3.8) is 0 Å². The standard InChI is InChI=1S/C19H27N3O/c1-14(13-22-17(4)11-16(3)21-22)12-20-19(23)10-15(2)18-8-6-5-7-9-18/h5-9,11,14-15H,10,12-13H2,1-4H3,(H,20,23)/t14-,15-/m1/s1. The number of carbonyl (C=O) groups excluding carboxylic acids is 1. The summed E-state index contributed by atoms with van der Waals surface area (Å²) in [5.41, 5.74) is 3.41. The van der Waals surface area contributed by atoms with E-state index in [2.05, 4.69) is 49.4 Å². The third-order valence-electron chi connectivity index (χ3n) is 4.10. The second-order valence-electron chi connectivity index (χ2n) is 6.53. The van der Waals surface area contributed by atoms with Gasteiger partial charge in [0.15, 0.2) is 0 Å². The Balaban J connectivity index is 1.76. The highest BCUT2D eigenvalue weighted by Gasteiger charge is 2.13. The van der Waals surface area contributed by atoms with Crippen molar-refractivity contribution in [3.05, 3.63) is 53.3 Å². The molecule has 0 radical (unpaired) electrons. The minimum absolute atomic E-state index is 0.113. The predicted molar refractivity (Wildman–Crippen MR) is 93.3 cm³/mol. The molecule has 1 aromatic carbocycles. The smallest absolute Gasteiger partial charge is 0.220 e. The lowest BCUT2D eigenvalue weighted by Crippen LogP contribution is -2.31. The van der Waals surface area contributed by atoms with Crippen molar-refractivity contribution in [3.8, 4) is 0 Å². The predicted octanol–water partition coefficient (Wildman–Crippen LogP) is 3.45. The first-order valence-corrected chi connectivity index (χ1v) is 8.28. The Morgan fingerprint density at radius 2 is 1.91 bits per heavy atom. The molecule has 2 atom stereocenters. The first-order valence-electron chi connectivity index (χ1n) is 8.28. The van der Waals surface area contributed by atoms with Gasteiger partial charge in [0, 0.05) is 25.2 Å². The van der Waals surface area contributed by atoms with E-state index in [4.69, 9.17) is 0 Å². The van der Waals surface area contributed by atoms with Crippen molar-refractivity contribution >= 4 is 5.91 Å². The van der Waals surface area contributed by atoms with Crippen LogP contribution < -0.4 is 5.32 Å². The molecule has 1 N–H and O–H groups in total. The molecular formula is C19H27N3O. The molecule has 0 fully saturated rings. The molecule has 0 saturated carbocycles. The zero-order chi connectivity index (χ0) is 16.8. The van der Waals surface area contributed by atoms with Crippen LogP contribution in [0.4, 0.5) is 0 Å². The van der Waals surface area contributed by atoms with Crippen LogP contribution in [0.25, 0.3) is 0 Å². The van der Waals surface area contributed by atoms with Crippen LogP contribution in [0.1, 0.15) is 43.1 Å². The number of hydrogen-bond donors (Lipinski definition) is 1. The Hall–Kier alpha value is -2.10. The number of amides is 1. The van der Waals surface area contributed by atoms with Gasteiger partial charge in [0.2, 0.25) is 5.91 Å². The quantitative estimate of drug-likeness (QED) is 0.851. The maximum Gasteiger partial charge on any atom is 0.220 e. The van der Waals surface area contributed by atoms with Crippen LogP contribution in [0.5, 0.6) is 0 Å². The second kappa shape index (κ2) is 7.95. The van der Waals surface area contributed by atoms with Crippen molar-refractivity contribution < 1.29 is 4.79 Å². The molecule has 0 aliphatic heterocycles. The second-order valence-corrected chi connectivity index (χ2v) is 6.53. The van der Waals surface area contributed by atoms with Gasteiger partial charge in [-0.05, 0) is 37.3 Å². The highest BCUT2D eigenvalue weighted by molar-refractivity contribution is 5.76. The Labute approximate surface area is 138 Å². The van der Waals surface area contributed by atoms with Gasteiger partial charge in [-0.3, -0.25) is 9.48 Å². The number of aryl methyl sites for hydroxylation is 2. The van der Waals surface area contributed by atoms with Crippen LogP contribution in [0.15, 0.2) is 36.4 Å². The minimum Gasteiger partial charge on any atom is -0.356 e. The van der Waals surface area contributed by atoms with Crippen LogP contribution in [0.2, 0.25) is 0 Å². The van der Waals surface area contributed by atoms with E-state index >= 15 is 0 Å². The molecular weight excluding hydrogens is 286 g/mol. The summed E-state index contributed by atoms with van der Waals surface area (Å²) in [6.45, 7) is 9.80. The van der Waals surface area contributed by atoms with E-state index in [0.717, 1.165) is 12.2 Å². The first-order chi connectivity index (χ1) is 11.0. The van der Waals surface area contributed by atoms with Crippen LogP contribution in [-0.2, 0) is 11.3 Å². The number of rotatable bonds is 7. The Bertz CT molecular complexity index is 633. The van der Waals surface area contributed by atoms with E-state index in [1.807, 2.05) is 29.8 Å². The molecule has 2 rings (SSSR count). The summed E-state index contributed by atoms with van der Waals surface area (Å²) in [5.74, 6) is 0.702. The Kier molecular flexibility index (Phi) is 5.97. The average molecular weight is 313 g/mol. The van der Waals surface area contributed by atoms with Gasteiger partial charge in [0.1, 0.15) is 0 Å². The number of benzene rings is 1. The summed E-state index contributed by atoms with van der Waals surface area (Å²) >= 11 is 0. The van der Waals surface area contributed by atoms with Crippen molar-refractivity contribution in [2.75, 3.05) is 6.54 Å². The Morgan fingerprint density at radius 3 is 2.52 bits per heavy atom. The molecule has 4 heteroatoms. The molecule has 0 aliphatic rings. The fraction of sp³-hybridized carbons (Fsp3) is 0.474. The van der Waals surface area contributed by atoms with Crippen molar-refractivity contribution in [1.82, 2.24) is 15.1 Å². The van der Waals surface area contributed by atoms with E-state index in [1.165, 1.54) is 11.3 Å². The highest BCUT2D eigenvalue weighted by Crippen LogP contribution is 2.18. The summed E-state index contributed by atoms with van der Waals surface area (Å²) in [6.07, 6.45) is 0.524. The topological polar surface area (TPSA) is 46.9 Å². The van der Waals surface area contributed by atoms with Crippen LogP contribution in [-0.4, -0.2) is 22.2 Å². The third-order valence-corrected chi connectivity index (χ3v) is 4.10. The van der Waals surface area contributed by atoms with Gasteiger partial charge in [-0.1, -0.05) is 44.2 Å². The normalized spacial score (nSPS) is 13.6. The fourth-order valence-corrected chi connectivity index (χ4v) is 2.76. The lowest BCUT2D eigenvalue weighted by atomic mass is 9.97. The van der Waals surface area contributed by atoms with E-state index < -0.39 is 0 Å². The van der Waals surface area contributed by atoms with Gasteiger partial charge in [-0.15, -0.1) is 0 Å². The van der Waals surface area contributed by atoms with Gasteiger partial charge in [-0.25, -0.2) is 0 Å². The molecule has 2 aromatic rings.